The summed E-state index contributed by atoms with van der Waals surface area (Å²) in [6.07, 6.45) is 0. The number of nitrogens with zero attached hydrogens (tertiary/aromatic N) is 3. The molecule has 0 bridgehead atoms. The zero-order valence-electron chi connectivity index (χ0n) is 10.8. The smallest absolute Gasteiger partial charge is 0.276 e. The maximum Gasteiger partial charge on any atom is 0.276 e. The standard InChI is InChI=1S/C15H13N3O/c1-11-6-3-4-9-14(11)18(2)15(19)13-8-5-7-12(10-16)17-13/h3-9H,1-2H3. The van der Waals surface area contributed by atoms with Gasteiger partial charge in [-0.15, -0.1) is 0 Å². The normalized spacial score (nSPS) is 9.74. The quantitative estimate of drug-likeness (QED) is 0.824. The summed E-state index contributed by atoms with van der Waals surface area (Å²) < 4.78 is 0. The van der Waals surface area contributed by atoms with Crippen LogP contribution in [0.2, 0.25) is 0 Å². The maximum absolute atomic E-state index is 12.3. The minimum Gasteiger partial charge on any atom is -0.310 e. The third-order valence-electron chi connectivity index (χ3n) is 2.86. The summed E-state index contributed by atoms with van der Waals surface area (Å²) in [5.74, 6) is -0.230. The lowest BCUT2D eigenvalue weighted by molar-refractivity contribution is 0.0988. The molecule has 4 nitrogen and oxygen atoms in total. The van der Waals surface area contributed by atoms with E-state index in [9.17, 15) is 4.79 Å². The molecule has 2 rings (SSSR count). The first-order chi connectivity index (χ1) is 9.13. The Labute approximate surface area is 111 Å². The average molecular weight is 251 g/mol. The van der Waals surface area contributed by atoms with E-state index >= 15 is 0 Å². The average Bonchev–Trinajstić information content (AvgIpc) is 2.46. The second kappa shape index (κ2) is 5.32. The molecule has 1 aromatic heterocycles. The lowest BCUT2D eigenvalue weighted by atomic mass is 10.2. The molecule has 0 aliphatic heterocycles. The zero-order valence-corrected chi connectivity index (χ0v) is 10.8. The Morgan fingerprint density at radius 3 is 2.63 bits per heavy atom. The van der Waals surface area contributed by atoms with E-state index in [1.165, 1.54) is 0 Å². The third kappa shape index (κ3) is 2.61. The number of rotatable bonds is 2. The van der Waals surface area contributed by atoms with Gasteiger partial charge in [0.1, 0.15) is 17.5 Å². The van der Waals surface area contributed by atoms with Crippen molar-refractivity contribution in [2.75, 3.05) is 11.9 Å². The number of anilines is 1. The van der Waals surface area contributed by atoms with Crippen LogP contribution in [-0.2, 0) is 0 Å². The Kier molecular flexibility index (Phi) is 3.58. The van der Waals surface area contributed by atoms with Gasteiger partial charge < -0.3 is 4.90 Å². The summed E-state index contributed by atoms with van der Waals surface area (Å²) in [6.45, 7) is 1.94. The number of hydrogen-bond acceptors (Lipinski definition) is 3. The van der Waals surface area contributed by atoms with Gasteiger partial charge in [-0.2, -0.15) is 5.26 Å². The van der Waals surface area contributed by atoms with Crippen LogP contribution in [0.3, 0.4) is 0 Å². The minimum atomic E-state index is -0.230. The van der Waals surface area contributed by atoms with E-state index in [0.717, 1.165) is 11.3 Å². The molecule has 19 heavy (non-hydrogen) atoms. The minimum absolute atomic E-state index is 0.230. The number of aromatic nitrogens is 1. The monoisotopic (exact) mass is 251 g/mol. The van der Waals surface area contributed by atoms with E-state index < -0.39 is 0 Å². The first kappa shape index (κ1) is 12.8. The van der Waals surface area contributed by atoms with Crippen LogP contribution in [0.5, 0.6) is 0 Å². The van der Waals surface area contributed by atoms with Crippen molar-refractivity contribution < 1.29 is 4.79 Å². The summed E-state index contributed by atoms with van der Waals surface area (Å²) in [7, 11) is 1.70. The van der Waals surface area contributed by atoms with Crippen LogP contribution in [-0.4, -0.2) is 17.9 Å². The molecular weight excluding hydrogens is 238 g/mol. The number of hydrogen-bond donors (Lipinski definition) is 0. The van der Waals surface area contributed by atoms with Crippen molar-refractivity contribution in [1.29, 1.82) is 5.26 Å². The highest BCUT2D eigenvalue weighted by atomic mass is 16.2. The van der Waals surface area contributed by atoms with Gasteiger partial charge >= 0.3 is 0 Å². The van der Waals surface area contributed by atoms with E-state index in [-0.39, 0.29) is 17.3 Å². The molecule has 1 amide bonds. The number of para-hydroxylation sites is 1. The molecule has 0 saturated carbocycles. The Balaban J connectivity index is 2.34. The molecule has 0 atom stereocenters. The largest absolute Gasteiger partial charge is 0.310 e. The Hall–Kier alpha value is -2.67. The highest BCUT2D eigenvalue weighted by molar-refractivity contribution is 6.04. The van der Waals surface area contributed by atoms with Gasteiger partial charge in [0, 0.05) is 12.7 Å². The van der Waals surface area contributed by atoms with Crippen LogP contribution in [0.15, 0.2) is 42.5 Å². The van der Waals surface area contributed by atoms with Crippen molar-refractivity contribution >= 4 is 11.6 Å². The number of pyridine rings is 1. The molecule has 94 valence electrons. The van der Waals surface area contributed by atoms with Gasteiger partial charge in [-0.1, -0.05) is 24.3 Å². The molecule has 0 spiro atoms. The number of carbonyl (C=O) groups excluding carboxylic acids is 1. The molecular formula is C15H13N3O. The van der Waals surface area contributed by atoms with Crippen molar-refractivity contribution in [3.8, 4) is 6.07 Å². The van der Waals surface area contributed by atoms with Crippen LogP contribution in [0, 0.1) is 18.3 Å². The SMILES string of the molecule is Cc1ccccc1N(C)C(=O)c1cccc(C#N)n1. The zero-order chi connectivity index (χ0) is 13.8. The van der Waals surface area contributed by atoms with E-state index in [1.54, 1.807) is 30.1 Å². The van der Waals surface area contributed by atoms with Crippen LogP contribution >= 0.6 is 0 Å². The molecule has 1 aromatic carbocycles. The lowest BCUT2D eigenvalue weighted by Gasteiger charge is -2.19. The third-order valence-corrected chi connectivity index (χ3v) is 2.86. The van der Waals surface area contributed by atoms with Crippen molar-refractivity contribution in [3.63, 3.8) is 0 Å². The summed E-state index contributed by atoms with van der Waals surface area (Å²) in [6, 6.07) is 14.4. The molecule has 0 aliphatic carbocycles. The second-order valence-electron chi connectivity index (χ2n) is 4.17. The van der Waals surface area contributed by atoms with Gasteiger partial charge in [0.25, 0.3) is 5.91 Å². The van der Waals surface area contributed by atoms with Crippen LogP contribution in [0.25, 0.3) is 0 Å². The highest BCUT2D eigenvalue weighted by Gasteiger charge is 2.16. The first-order valence-corrected chi connectivity index (χ1v) is 5.84. The molecule has 0 fully saturated rings. The van der Waals surface area contributed by atoms with Gasteiger partial charge in [-0.3, -0.25) is 4.79 Å². The first-order valence-electron chi connectivity index (χ1n) is 5.84. The molecule has 0 saturated heterocycles. The predicted molar refractivity (Wildman–Crippen MR) is 72.9 cm³/mol. The molecule has 0 N–H and O–H groups in total. The highest BCUT2D eigenvalue weighted by Crippen LogP contribution is 2.19. The molecule has 0 radical (unpaired) electrons. The van der Waals surface area contributed by atoms with Crippen molar-refractivity contribution in [1.82, 2.24) is 4.98 Å². The summed E-state index contributed by atoms with van der Waals surface area (Å²) >= 11 is 0. The van der Waals surface area contributed by atoms with Crippen molar-refractivity contribution in [2.24, 2.45) is 0 Å². The van der Waals surface area contributed by atoms with Gasteiger partial charge in [0.2, 0.25) is 0 Å². The maximum atomic E-state index is 12.3. The Morgan fingerprint density at radius 1 is 1.21 bits per heavy atom. The summed E-state index contributed by atoms with van der Waals surface area (Å²) in [5.41, 5.74) is 2.35. The van der Waals surface area contributed by atoms with Crippen molar-refractivity contribution in [2.45, 2.75) is 6.92 Å². The Morgan fingerprint density at radius 2 is 1.95 bits per heavy atom. The fourth-order valence-corrected chi connectivity index (χ4v) is 1.84. The van der Waals surface area contributed by atoms with Gasteiger partial charge in [-0.05, 0) is 30.7 Å². The van der Waals surface area contributed by atoms with E-state index in [4.69, 9.17) is 5.26 Å². The second-order valence-corrected chi connectivity index (χ2v) is 4.17. The van der Waals surface area contributed by atoms with Gasteiger partial charge in [0.15, 0.2) is 0 Å². The van der Waals surface area contributed by atoms with Crippen LogP contribution < -0.4 is 4.90 Å². The molecule has 2 aromatic rings. The lowest BCUT2D eigenvalue weighted by Crippen LogP contribution is -2.27. The van der Waals surface area contributed by atoms with Crippen molar-refractivity contribution in [3.05, 3.63) is 59.4 Å². The number of aryl methyl sites for hydroxylation is 1. The van der Waals surface area contributed by atoms with Gasteiger partial charge in [0.05, 0.1) is 0 Å². The van der Waals surface area contributed by atoms with E-state index in [1.807, 2.05) is 37.3 Å². The number of carbonyl (C=O) groups is 1. The van der Waals surface area contributed by atoms with Crippen LogP contribution in [0.4, 0.5) is 5.69 Å². The predicted octanol–water partition coefficient (Wildman–Crippen LogP) is 2.54. The van der Waals surface area contributed by atoms with E-state index in [2.05, 4.69) is 4.98 Å². The Bertz CT molecular complexity index is 658. The summed E-state index contributed by atoms with van der Waals surface area (Å²) in [5, 5.41) is 8.81. The molecule has 0 aliphatic rings. The number of benzene rings is 1. The molecule has 1 heterocycles. The number of nitriles is 1. The number of amides is 1. The summed E-state index contributed by atoms with van der Waals surface area (Å²) in [4.78, 5) is 17.9. The molecule has 0 unspecified atom stereocenters. The van der Waals surface area contributed by atoms with E-state index in [0.29, 0.717) is 0 Å². The van der Waals surface area contributed by atoms with Gasteiger partial charge in [-0.25, -0.2) is 4.98 Å². The fourth-order valence-electron chi connectivity index (χ4n) is 1.84. The fraction of sp³-hybridized carbons (Fsp3) is 0.133. The van der Waals surface area contributed by atoms with Crippen LogP contribution in [0.1, 0.15) is 21.7 Å². The molecule has 4 heteroatoms. The topological polar surface area (TPSA) is 57.0 Å².